The fourth-order valence-electron chi connectivity index (χ4n) is 2.28. The number of rotatable bonds is 6. The highest BCUT2D eigenvalue weighted by molar-refractivity contribution is 7.89. The molecule has 0 aromatic heterocycles. The zero-order valence-electron chi connectivity index (χ0n) is 12.2. The van der Waals surface area contributed by atoms with Gasteiger partial charge in [-0.2, -0.15) is 0 Å². The maximum Gasteiger partial charge on any atom is 0.307 e. The Bertz CT molecular complexity index is 585. The Morgan fingerprint density at radius 2 is 1.75 bits per heavy atom. The summed E-state index contributed by atoms with van der Waals surface area (Å²) in [6.45, 7) is 7.00. The zero-order valence-corrected chi connectivity index (χ0v) is 13.0. The first kappa shape index (κ1) is 16.7. The van der Waals surface area contributed by atoms with Gasteiger partial charge >= 0.3 is 5.97 Å². The Morgan fingerprint density at radius 3 is 2.15 bits per heavy atom. The monoisotopic (exact) mass is 299 g/mol. The Balaban J connectivity index is 3.04. The van der Waals surface area contributed by atoms with Crippen molar-refractivity contribution >= 4 is 16.0 Å². The van der Waals surface area contributed by atoms with Crippen molar-refractivity contribution in [1.82, 2.24) is 4.72 Å². The maximum atomic E-state index is 12.3. The van der Waals surface area contributed by atoms with Crippen LogP contribution >= 0.6 is 0 Å². The molecule has 0 amide bonds. The van der Waals surface area contributed by atoms with E-state index in [0.717, 1.165) is 5.56 Å². The van der Waals surface area contributed by atoms with E-state index in [0.29, 0.717) is 17.5 Å². The van der Waals surface area contributed by atoms with Gasteiger partial charge in [0.15, 0.2) is 0 Å². The molecule has 2 N–H and O–H groups in total. The highest BCUT2D eigenvalue weighted by Crippen LogP contribution is 2.21. The molecule has 1 unspecified atom stereocenters. The van der Waals surface area contributed by atoms with E-state index in [-0.39, 0.29) is 11.4 Å². The van der Waals surface area contributed by atoms with Gasteiger partial charge in [0.25, 0.3) is 0 Å². The fourth-order valence-corrected chi connectivity index (χ4v) is 3.81. The Labute approximate surface area is 120 Å². The Hall–Kier alpha value is -1.40. The van der Waals surface area contributed by atoms with E-state index in [4.69, 9.17) is 5.11 Å². The number of aryl methyl sites for hydroxylation is 3. The molecule has 0 aliphatic rings. The Morgan fingerprint density at radius 1 is 1.25 bits per heavy atom. The highest BCUT2D eigenvalue weighted by atomic mass is 32.2. The fraction of sp³-hybridized carbons (Fsp3) is 0.500. The minimum Gasteiger partial charge on any atom is -0.481 e. The summed E-state index contributed by atoms with van der Waals surface area (Å²) in [5.41, 5.74) is 2.33. The lowest BCUT2D eigenvalue weighted by molar-refractivity contribution is -0.141. The highest BCUT2D eigenvalue weighted by Gasteiger charge is 2.23. The van der Waals surface area contributed by atoms with Crippen molar-refractivity contribution in [2.75, 3.05) is 6.54 Å². The van der Waals surface area contributed by atoms with Crippen molar-refractivity contribution in [2.24, 2.45) is 5.92 Å². The molecule has 6 heteroatoms. The SMILES string of the molecule is CCC(CNS(=O)(=O)c1c(C)cc(C)cc1C)C(=O)O. The molecule has 0 radical (unpaired) electrons. The lowest BCUT2D eigenvalue weighted by Gasteiger charge is -2.15. The molecule has 0 spiro atoms. The van der Waals surface area contributed by atoms with Crippen LogP contribution in [0.1, 0.15) is 30.0 Å². The molecule has 0 saturated heterocycles. The minimum absolute atomic E-state index is 0.0963. The van der Waals surface area contributed by atoms with Crippen molar-refractivity contribution in [3.05, 3.63) is 28.8 Å². The van der Waals surface area contributed by atoms with E-state index in [2.05, 4.69) is 4.72 Å². The van der Waals surface area contributed by atoms with Gasteiger partial charge in [0.1, 0.15) is 0 Å². The summed E-state index contributed by atoms with van der Waals surface area (Å²) < 4.78 is 27.0. The van der Waals surface area contributed by atoms with Crippen LogP contribution in [0.15, 0.2) is 17.0 Å². The van der Waals surface area contributed by atoms with Gasteiger partial charge in [-0.1, -0.05) is 24.6 Å². The van der Waals surface area contributed by atoms with Crippen molar-refractivity contribution in [3.8, 4) is 0 Å². The van der Waals surface area contributed by atoms with Crippen LogP contribution in [-0.4, -0.2) is 26.0 Å². The minimum atomic E-state index is -3.69. The number of benzene rings is 1. The number of nitrogens with one attached hydrogen (secondary N) is 1. The number of aliphatic carboxylic acids is 1. The van der Waals surface area contributed by atoms with Crippen molar-refractivity contribution < 1.29 is 18.3 Å². The molecule has 1 aromatic rings. The lowest BCUT2D eigenvalue weighted by Crippen LogP contribution is -2.33. The zero-order chi connectivity index (χ0) is 15.5. The Kier molecular flexibility index (Phi) is 5.30. The predicted molar refractivity (Wildman–Crippen MR) is 77.3 cm³/mol. The van der Waals surface area contributed by atoms with E-state index in [1.807, 2.05) is 6.92 Å². The molecule has 0 heterocycles. The average Bonchev–Trinajstić information content (AvgIpc) is 2.26. The van der Waals surface area contributed by atoms with Gasteiger partial charge in [0.05, 0.1) is 10.8 Å². The number of sulfonamides is 1. The van der Waals surface area contributed by atoms with E-state index in [1.165, 1.54) is 0 Å². The number of hydrogen-bond donors (Lipinski definition) is 2. The van der Waals surface area contributed by atoms with Gasteiger partial charge in [0, 0.05) is 6.54 Å². The summed E-state index contributed by atoms with van der Waals surface area (Å²) in [7, 11) is -3.69. The van der Waals surface area contributed by atoms with Crippen LogP contribution < -0.4 is 4.72 Å². The van der Waals surface area contributed by atoms with Gasteiger partial charge in [-0.25, -0.2) is 13.1 Å². The topological polar surface area (TPSA) is 83.5 Å². The van der Waals surface area contributed by atoms with Crippen molar-refractivity contribution in [3.63, 3.8) is 0 Å². The summed E-state index contributed by atoms with van der Waals surface area (Å²) in [5.74, 6) is -1.71. The third-order valence-electron chi connectivity index (χ3n) is 3.24. The molecule has 20 heavy (non-hydrogen) atoms. The molecule has 0 bridgehead atoms. The van der Waals surface area contributed by atoms with Crippen LogP contribution in [0.5, 0.6) is 0 Å². The van der Waals surface area contributed by atoms with Crippen molar-refractivity contribution in [1.29, 1.82) is 0 Å². The van der Waals surface area contributed by atoms with Gasteiger partial charge in [0.2, 0.25) is 10.0 Å². The molecule has 1 aromatic carbocycles. The van der Waals surface area contributed by atoms with Gasteiger partial charge in [-0.05, 0) is 38.3 Å². The maximum absolute atomic E-state index is 12.3. The van der Waals surface area contributed by atoms with Gasteiger partial charge in [-0.15, -0.1) is 0 Å². The molecule has 112 valence electrons. The van der Waals surface area contributed by atoms with Crippen LogP contribution in [0.3, 0.4) is 0 Å². The second kappa shape index (κ2) is 6.37. The first-order valence-electron chi connectivity index (χ1n) is 6.49. The number of carboxylic acids is 1. The van der Waals surface area contributed by atoms with E-state index in [9.17, 15) is 13.2 Å². The molecule has 1 rings (SSSR count). The van der Waals surface area contributed by atoms with Crippen LogP contribution in [0.25, 0.3) is 0 Å². The van der Waals surface area contributed by atoms with Crippen LogP contribution in [0.4, 0.5) is 0 Å². The third-order valence-corrected chi connectivity index (χ3v) is 4.96. The van der Waals surface area contributed by atoms with Crippen LogP contribution in [-0.2, 0) is 14.8 Å². The lowest BCUT2D eigenvalue weighted by atomic mass is 10.1. The quantitative estimate of drug-likeness (QED) is 0.841. The normalized spacial score (nSPS) is 13.2. The summed E-state index contributed by atoms with van der Waals surface area (Å²) >= 11 is 0. The molecular formula is C14H21NO4S. The van der Waals surface area contributed by atoms with Crippen molar-refractivity contribution in [2.45, 2.75) is 39.0 Å². The van der Waals surface area contributed by atoms with E-state index in [1.54, 1.807) is 32.9 Å². The smallest absolute Gasteiger partial charge is 0.307 e. The van der Waals surface area contributed by atoms with Gasteiger partial charge in [-0.3, -0.25) is 4.79 Å². The van der Waals surface area contributed by atoms with Crippen LogP contribution in [0, 0.1) is 26.7 Å². The number of carboxylic acid groups (broad SMARTS) is 1. The summed E-state index contributed by atoms with van der Waals surface area (Å²) in [6.07, 6.45) is 0.379. The van der Waals surface area contributed by atoms with Crippen LogP contribution in [0.2, 0.25) is 0 Å². The molecule has 0 saturated carbocycles. The summed E-state index contributed by atoms with van der Waals surface area (Å²) in [6, 6.07) is 3.60. The van der Waals surface area contributed by atoms with Gasteiger partial charge < -0.3 is 5.11 Å². The standard InChI is InChI=1S/C14H21NO4S/c1-5-12(14(16)17)8-15-20(18,19)13-10(3)6-9(2)7-11(13)4/h6-7,12,15H,5,8H2,1-4H3,(H,16,17). The molecular weight excluding hydrogens is 278 g/mol. The first-order chi connectivity index (χ1) is 9.19. The largest absolute Gasteiger partial charge is 0.481 e. The molecule has 5 nitrogen and oxygen atoms in total. The predicted octanol–water partition coefficient (Wildman–Crippen LogP) is 2.00. The summed E-state index contributed by atoms with van der Waals surface area (Å²) in [5, 5.41) is 8.95. The second-order valence-electron chi connectivity index (χ2n) is 5.02. The molecule has 0 fully saturated rings. The average molecular weight is 299 g/mol. The third kappa shape index (κ3) is 3.80. The first-order valence-corrected chi connectivity index (χ1v) is 7.97. The van der Waals surface area contributed by atoms with E-state index >= 15 is 0 Å². The number of carbonyl (C=O) groups is 1. The number of hydrogen-bond acceptors (Lipinski definition) is 3. The summed E-state index contributed by atoms with van der Waals surface area (Å²) in [4.78, 5) is 11.2. The molecule has 0 aliphatic carbocycles. The van der Waals surface area contributed by atoms with E-state index < -0.39 is 21.9 Å². The molecule has 1 atom stereocenters. The molecule has 0 aliphatic heterocycles. The second-order valence-corrected chi connectivity index (χ2v) is 6.73.